The third-order valence-corrected chi connectivity index (χ3v) is 6.60. The highest BCUT2D eigenvalue weighted by Crippen LogP contribution is 2.47. The molecule has 6 heteroatoms. The molecule has 1 fully saturated rings. The molecule has 0 saturated carbocycles. The molecule has 0 aromatic carbocycles. The Balaban J connectivity index is 1.55. The molecule has 0 aliphatic carbocycles. The van der Waals surface area contributed by atoms with Crippen molar-refractivity contribution in [3.05, 3.63) is 71.9 Å². The van der Waals surface area contributed by atoms with E-state index in [0.29, 0.717) is 24.7 Å². The second-order valence-electron chi connectivity index (χ2n) is 9.12. The lowest BCUT2D eigenvalue weighted by Gasteiger charge is -2.47. The minimum absolute atomic E-state index is 0.0134. The molecular weight excluding hydrogens is 386 g/mol. The average Bonchev–Trinajstić information content (AvgIpc) is 3.42. The van der Waals surface area contributed by atoms with Crippen LogP contribution in [0.4, 0.5) is 5.69 Å². The first-order valence-corrected chi connectivity index (χ1v) is 11.1. The Bertz CT molecular complexity index is 1120. The highest BCUT2D eigenvalue weighted by molar-refractivity contribution is 5.92. The Kier molecular flexibility index (Phi) is 4.80. The number of aryl methyl sites for hydroxylation is 1. The first-order valence-electron chi connectivity index (χ1n) is 11.1. The van der Waals surface area contributed by atoms with Gasteiger partial charge in [-0.2, -0.15) is 0 Å². The fraction of sp³-hybridized carbons (Fsp3) is 0.400. The molecule has 3 aromatic rings. The Morgan fingerprint density at radius 1 is 1.16 bits per heavy atom. The van der Waals surface area contributed by atoms with E-state index in [0.717, 1.165) is 36.6 Å². The van der Waals surface area contributed by atoms with E-state index in [2.05, 4.69) is 52.7 Å². The van der Waals surface area contributed by atoms with Crippen molar-refractivity contribution in [3.8, 4) is 5.82 Å². The van der Waals surface area contributed by atoms with Crippen LogP contribution in [0.15, 0.2) is 54.9 Å². The highest BCUT2D eigenvalue weighted by Gasteiger charge is 2.50. The standard InChI is InChI=1S/C25H29N5O/c1-18(2)11-15-30-21-9-5-13-26-23(21)29-14-6-10-22(29)25(30)12-16-28(17-25)24(31)20-8-4-7-19(3)27-20/h4-10,13-14,18H,11-12,15-17H2,1-3H3. The molecular formula is C25H29N5O. The van der Waals surface area contributed by atoms with Gasteiger partial charge in [0.05, 0.1) is 11.4 Å². The van der Waals surface area contributed by atoms with Crippen molar-refractivity contribution >= 4 is 11.6 Å². The van der Waals surface area contributed by atoms with E-state index in [1.54, 1.807) is 0 Å². The van der Waals surface area contributed by atoms with Crippen LogP contribution in [-0.2, 0) is 5.54 Å². The number of amides is 1. The lowest BCUT2D eigenvalue weighted by Crippen LogP contribution is -2.53. The Hall–Kier alpha value is -3.15. The first-order chi connectivity index (χ1) is 15.0. The molecule has 1 spiro atoms. The second-order valence-corrected chi connectivity index (χ2v) is 9.12. The van der Waals surface area contributed by atoms with E-state index in [1.807, 2.05) is 42.3 Å². The van der Waals surface area contributed by atoms with Gasteiger partial charge in [-0.05, 0) is 62.1 Å². The predicted octanol–water partition coefficient (Wildman–Crippen LogP) is 4.18. The summed E-state index contributed by atoms with van der Waals surface area (Å²) in [7, 11) is 0. The number of likely N-dealkylation sites (tertiary alicyclic amines) is 1. The van der Waals surface area contributed by atoms with Crippen LogP contribution in [0.3, 0.4) is 0 Å². The summed E-state index contributed by atoms with van der Waals surface area (Å²) in [5, 5.41) is 0. The molecule has 1 amide bonds. The van der Waals surface area contributed by atoms with Crippen LogP contribution in [0.25, 0.3) is 5.82 Å². The number of hydrogen-bond donors (Lipinski definition) is 0. The van der Waals surface area contributed by atoms with Crippen LogP contribution in [0.5, 0.6) is 0 Å². The van der Waals surface area contributed by atoms with E-state index < -0.39 is 0 Å². The molecule has 1 saturated heterocycles. The van der Waals surface area contributed by atoms with Crippen molar-refractivity contribution in [1.82, 2.24) is 19.4 Å². The Morgan fingerprint density at radius 2 is 2.03 bits per heavy atom. The lowest BCUT2D eigenvalue weighted by molar-refractivity contribution is 0.0776. The zero-order chi connectivity index (χ0) is 21.6. The topological polar surface area (TPSA) is 54.3 Å². The number of nitrogens with zero attached hydrogens (tertiary/aromatic N) is 5. The quantitative estimate of drug-likeness (QED) is 0.641. The third-order valence-electron chi connectivity index (χ3n) is 6.60. The molecule has 6 nitrogen and oxygen atoms in total. The molecule has 1 unspecified atom stereocenters. The number of rotatable bonds is 4. The normalized spacial score (nSPS) is 19.7. The van der Waals surface area contributed by atoms with Crippen molar-refractivity contribution < 1.29 is 4.79 Å². The SMILES string of the molecule is Cc1cccc(C(=O)N2CCC3(C2)c2cccn2-c2ncccc2N3CCC(C)C)n1. The van der Waals surface area contributed by atoms with Gasteiger partial charge in [0, 0.05) is 37.7 Å². The van der Waals surface area contributed by atoms with Crippen LogP contribution < -0.4 is 4.90 Å². The molecule has 0 bridgehead atoms. The molecule has 160 valence electrons. The number of anilines is 1. The molecule has 0 radical (unpaired) electrons. The molecule has 5 heterocycles. The molecule has 3 aromatic heterocycles. The van der Waals surface area contributed by atoms with Gasteiger partial charge in [0.25, 0.3) is 5.91 Å². The number of fused-ring (bicyclic) bond motifs is 4. The maximum atomic E-state index is 13.3. The van der Waals surface area contributed by atoms with E-state index in [4.69, 9.17) is 4.98 Å². The first kappa shape index (κ1) is 19.8. The minimum Gasteiger partial charge on any atom is -0.355 e. The average molecular weight is 416 g/mol. The van der Waals surface area contributed by atoms with Crippen LogP contribution in [0.2, 0.25) is 0 Å². The van der Waals surface area contributed by atoms with E-state index in [1.165, 1.54) is 5.69 Å². The number of aromatic nitrogens is 3. The summed E-state index contributed by atoms with van der Waals surface area (Å²) in [5.41, 5.74) is 3.50. The summed E-state index contributed by atoms with van der Waals surface area (Å²) in [4.78, 5) is 27.0. The van der Waals surface area contributed by atoms with Gasteiger partial charge in [0.2, 0.25) is 0 Å². The molecule has 0 N–H and O–H groups in total. The number of hydrogen-bond acceptors (Lipinski definition) is 4. The molecule has 31 heavy (non-hydrogen) atoms. The van der Waals surface area contributed by atoms with Gasteiger partial charge in [-0.3, -0.25) is 4.79 Å². The van der Waals surface area contributed by atoms with Crippen molar-refractivity contribution in [2.75, 3.05) is 24.5 Å². The summed E-state index contributed by atoms with van der Waals surface area (Å²) in [5.74, 6) is 1.59. The van der Waals surface area contributed by atoms with Gasteiger partial charge in [-0.25, -0.2) is 9.97 Å². The summed E-state index contributed by atoms with van der Waals surface area (Å²) in [6.45, 7) is 8.75. The van der Waals surface area contributed by atoms with Crippen molar-refractivity contribution in [2.45, 2.75) is 39.2 Å². The monoisotopic (exact) mass is 415 g/mol. The van der Waals surface area contributed by atoms with E-state index in [9.17, 15) is 4.79 Å². The summed E-state index contributed by atoms with van der Waals surface area (Å²) in [6, 6.07) is 14.1. The third kappa shape index (κ3) is 3.21. The largest absolute Gasteiger partial charge is 0.355 e. The smallest absolute Gasteiger partial charge is 0.272 e. The van der Waals surface area contributed by atoms with Crippen LogP contribution in [-0.4, -0.2) is 45.0 Å². The number of pyridine rings is 2. The van der Waals surface area contributed by atoms with Gasteiger partial charge in [0.1, 0.15) is 11.2 Å². The Labute approximate surface area is 183 Å². The summed E-state index contributed by atoms with van der Waals surface area (Å²) < 4.78 is 2.21. The molecule has 2 aliphatic rings. The Morgan fingerprint density at radius 3 is 2.84 bits per heavy atom. The number of carbonyl (C=O) groups is 1. The summed E-state index contributed by atoms with van der Waals surface area (Å²) >= 11 is 0. The fourth-order valence-corrected chi connectivity index (χ4v) is 5.04. The van der Waals surface area contributed by atoms with Crippen molar-refractivity contribution in [1.29, 1.82) is 0 Å². The maximum Gasteiger partial charge on any atom is 0.272 e. The summed E-state index contributed by atoms with van der Waals surface area (Å²) in [6.07, 6.45) is 5.93. The van der Waals surface area contributed by atoms with Crippen LogP contribution >= 0.6 is 0 Å². The lowest BCUT2D eigenvalue weighted by atomic mass is 9.88. The second kappa shape index (κ2) is 7.52. The molecule has 5 rings (SSSR count). The van der Waals surface area contributed by atoms with Crippen molar-refractivity contribution in [3.63, 3.8) is 0 Å². The van der Waals surface area contributed by atoms with Gasteiger partial charge in [-0.15, -0.1) is 0 Å². The number of carbonyl (C=O) groups excluding carboxylic acids is 1. The fourth-order valence-electron chi connectivity index (χ4n) is 5.04. The van der Waals surface area contributed by atoms with Gasteiger partial charge >= 0.3 is 0 Å². The van der Waals surface area contributed by atoms with Gasteiger partial charge in [0.15, 0.2) is 5.82 Å². The van der Waals surface area contributed by atoms with Gasteiger partial charge in [-0.1, -0.05) is 19.9 Å². The van der Waals surface area contributed by atoms with Gasteiger partial charge < -0.3 is 14.4 Å². The zero-order valence-corrected chi connectivity index (χ0v) is 18.5. The minimum atomic E-state index is -0.256. The van der Waals surface area contributed by atoms with Crippen molar-refractivity contribution in [2.24, 2.45) is 5.92 Å². The van der Waals surface area contributed by atoms with E-state index in [-0.39, 0.29) is 11.4 Å². The van der Waals surface area contributed by atoms with E-state index >= 15 is 0 Å². The zero-order valence-electron chi connectivity index (χ0n) is 18.5. The van der Waals surface area contributed by atoms with Crippen LogP contribution in [0, 0.1) is 12.8 Å². The predicted molar refractivity (Wildman–Crippen MR) is 122 cm³/mol. The highest BCUT2D eigenvalue weighted by atomic mass is 16.2. The molecule has 1 atom stereocenters. The van der Waals surface area contributed by atoms with Crippen LogP contribution in [0.1, 0.15) is 48.6 Å². The molecule has 2 aliphatic heterocycles. The maximum absolute atomic E-state index is 13.3.